The largest absolute Gasteiger partial charge is 0.247 e. The quantitative estimate of drug-likeness (QED) is 0.891. The van der Waals surface area contributed by atoms with E-state index < -0.39 is 10.0 Å². The lowest BCUT2D eigenvalue weighted by molar-refractivity contribution is 0.580. The van der Waals surface area contributed by atoms with Crippen LogP contribution in [-0.4, -0.2) is 19.9 Å². The minimum atomic E-state index is -3.29. The van der Waals surface area contributed by atoms with Crippen molar-refractivity contribution in [2.45, 2.75) is 26.0 Å². The van der Waals surface area contributed by atoms with E-state index in [-0.39, 0.29) is 5.75 Å². The molecule has 0 aliphatic carbocycles. The van der Waals surface area contributed by atoms with Crippen LogP contribution in [0.15, 0.2) is 29.6 Å². The number of aromatic nitrogens is 1. The SMILES string of the molecule is Cc1cccc(CS(=O)(=O)NCCc2nc(C)cs2)c1. The Balaban J connectivity index is 1.88. The maximum absolute atomic E-state index is 12.0. The molecule has 0 radical (unpaired) electrons. The first-order chi connectivity index (χ1) is 9.44. The first kappa shape index (κ1) is 15.2. The van der Waals surface area contributed by atoms with Crippen molar-refractivity contribution in [2.24, 2.45) is 0 Å². The molecule has 0 fully saturated rings. The van der Waals surface area contributed by atoms with Crippen LogP contribution in [0.2, 0.25) is 0 Å². The van der Waals surface area contributed by atoms with E-state index in [2.05, 4.69) is 9.71 Å². The van der Waals surface area contributed by atoms with Crippen molar-refractivity contribution in [3.63, 3.8) is 0 Å². The van der Waals surface area contributed by atoms with Crippen LogP contribution in [0.5, 0.6) is 0 Å². The zero-order valence-corrected chi connectivity index (χ0v) is 13.2. The molecule has 108 valence electrons. The summed E-state index contributed by atoms with van der Waals surface area (Å²) in [5.74, 6) is 0.0194. The molecular formula is C14H18N2O2S2. The van der Waals surface area contributed by atoms with Gasteiger partial charge in [-0.15, -0.1) is 11.3 Å². The van der Waals surface area contributed by atoms with Gasteiger partial charge < -0.3 is 0 Å². The lowest BCUT2D eigenvalue weighted by Gasteiger charge is -2.06. The summed E-state index contributed by atoms with van der Waals surface area (Å²) in [4.78, 5) is 4.31. The van der Waals surface area contributed by atoms with Gasteiger partial charge in [-0.3, -0.25) is 0 Å². The highest BCUT2D eigenvalue weighted by atomic mass is 32.2. The molecule has 6 heteroatoms. The molecule has 4 nitrogen and oxygen atoms in total. The zero-order chi connectivity index (χ0) is 14.6. The number of hydrogen-bond donors (Lipinski definition) is 1. The molecule has 0 saturated heterocycles. The summed E-state index contributed by atoms with van der Waals surface area (Å²) < 4.78 is 26.6. The van der Waals surface area contributed by atoms with E-state index in [9.17, 15) is 8.42 Å². The van der Waals surface area contributed by atoms with Crippen molar-refractivity contribution in [2.75, 3.05) is 6.54 Å². The van der Waals surface area contributed by atoms with E-state index in [1.54, 1.807) is 11.3 Å². The second-order valence-corrected chi connectivity index (χ2v) is 7.52. The van der Waals surface area contributed by atoms with Gasteiger partial charge in [-0.05, 0) is 19.4 Å². The number of benzene rings is 1. The summed E-state index contributed by atoms with van der Waals surface area (Å²) in [6.07, 6.45) is 0.631. The number of nitrogens with zero attached hydrogens (tertiary/aromatic N) is 1. The van der Waals surface area contributed by atoms with Crippen LogP contribution in [0.4, 0.5) is 0 Å². The highest BCUT2D eigenvalue weighted by molar-refractivity contribution is 7.88. The van der Waals surface area contributed by atoms with E-state index in [0.717, 1.165) is 21.8 Å². The van der Waals surface area contributed by atoms with Gasteiger partial charge >= 0.3 is 0 Å². The van der Waals surface area contributed by atoms with E-state index in [1.807, 2.05) is 43.5 Å². The predicted octanol–water partition coefficient (Wildman–Crippen LogP) is 2.42. The Morgan fingerprint density at radius 3 is 2.75 bits per heavy atom. The maximum atomic E-state index is 12.0. The summed E-state index contributed by atoms with van der Waals surface area (Å²) in [5, 5.41) is 2.93. The third-order valence-electron chi connectivity index (χ3n) is 2.77. The van der Waals surface area contributed by atoms with E-state index in [0.29, 0.717) is 13.0 Å². The van der Waals surface area contributed by atoms with Crippen molar-refractivity contribution in [1.29, 1.82) is 0 Å². The molecule has 0 amide bonds. The molecule has 0 saturated carbocycles. The Hall–Kier alpha value is -1.24. The van der Waals surface area contributed by atoms with Gasteiger partial charge in [0.25, 0.3) is 0 Å². The standard InChI is InChI=1S/C14H18N2O2S2/c1-11-4-3-5-13(8-11)10-20(17,18)15-7-6-14-16-12(2)9-19-14/h3-5,8-9,15H,6-7,10H2,1-2H3. The van der Waals surface area contributed by atoms with Gasteiger partial charge in [0.05, 0.1) is 10.8 Å². The van der Waals surface area contributed by atoms with Gasteiger partial charge in [0.1, 0.15) is 0 Å². The molecule has 0 aliphatic rings. The van der Waals surface area contributed by atoms with Gasteiger partial charge in [-0.1, -0.05) is 29.8 Å². The minimum Gasteiger partial charge on any atom is -0.247 e. The highest BCUT2D eigenvalue weighted by Crippen LogP contribution is 2.10. The fourth-order valence-electron chi connectivity index (χ4n) is 1.90. The molecule has 0 bridgehead atoms. The van der Waals surface area contributed by atoms with Gasteiger partial charge in [-0.25, -0.2) is 18.1 Å². The van der Waals surface area contributed by atoms with Crippen molar-refractivity contribution >= 4 is 21.4 Å². The Bertz CT molecular complexity index is 678. The lowest BCUT2D eigenvalue weighted by Crippen LogP contribution is -2.27. The Labute approximate surface area is 123 Å². The average molecular weight is 310 g/mol. The van der Waals surface area contributed by atoms with Crippen molar-refractivity contribution in [3.8, 4) is 0 Å². The topological polar surface area (TPSA) is 59.1 Å². The van der Waals surface area contributed by atoms with Crippen LogP contribution in [0.3, 0.4) is 0 Å². The lowest BCUT2D eigenvalue weighted by atomic mass is 10.2. The Morgan fingerprint density at radius 2 is 2.10 bits per heavy atom. The van der Waals surface area contributed by atoms with Gasteiger partial charge in [0.15, 0.2) is 0 Å². The van der Waals surface area contributed by atoms with E-state index in [1.165, 1.54) is 0 Å². The number of rotatable bonds is 6. The fraction of sp³-hybridized carbons (Fsp3) is 0.357. The first-order valence-corrected chi connectivity index (χ1v) is 8.92. The predicted molar refractivity (Wildman–Crippen MR) is 82.4 cm³/mol. The Morgan fingerprint density at radius 1 is 1.30 bits per heavy atom. The van der Waals surface area contributed by atoms with E-state index >= 15 is 0 Å². The Kier molecular flexibility index (Phi) is 4.91. The number of thiazole rings is 1. The summed E-state index contributed by atoms with van der Waals surface area (Å²) >= 11 is 1.56. The summed E-state index contributed by atoms with van der Waals surface area (Å²) in [6.45, 7) is 4.28. The van der Waals surface area contributed by atoms with Gasteiger partial charge in [0, 0.05) is 24.0 Å². The van der Waals surface area contributed by atoms with Crippen LogP contribution in [0.1, 0.15) is 21.8 Å². The minimum absolute atomic E-state index is 0.0194. The molecule has 0 unspecified atom stereocenters. The van der Waals surface area contributed by atoms with Crippen molar-refractivity contribution in [1.82, 2.24) is 9.71 Å². The molecule has 1 aromatic heterocycles. The molecular weight excluding hydrogens is 292 g/mol. The van der Waals surface area contributed by atoms with Crippen molar-refractivity contribution in [3.05, 3.63) is 51.5 Å². The second kappa shape index (κ2) is 6.47. The normalized spacial score (nSPS) is 11.7. The van der Waals surface area contributed by atoms with Crippen LogP contribution >= 0.6 is 11.3 Å². The number of aryl methyl sites for hydroxylation is 2. The molecule has 1 heterocycles. The molecule has 0 spiro atoms. The average Bonchev–Trinajstić information content (AvgIpc) is 2.74. The molecule has 20 heavy (non-hydrogen) atoms. The van der Waals surface area contributed by atoms with Gasteiger partial charge in [0.2, 0.25) is 10.0 Å². The number of nitrogens with one attached hydrogen (secondary N) is 1. The molecule has 1 N–H and O–H groups in total. The third kappa shape index (κ3) is 4.70. The van der Waals surface area contributed by atoms with Crippen LogP contribution in [0.25, 0.3) is 0 Å². The molecule has 2 aromatic rings. The molecule has 1 aromatic carbocycles. The highest BCUT2D eigenvalue weighted by Gasteiger charge is 2.11. The second-order valence-electron chi connectivity index (χ2n) is 4.78. The number of sulfonamides is 1. The smallest absolute Gasteiger partial charge is 0.215 e. The molecule has 0 aliphatic heterocycles. The summed E-state index contributed by atoms with van der Waals surface area (Å²) in [6, 6.07) is 7.55. The summed E-state index contributed by atoms with van der Waals surface area (Å²) in [5.41, 5.74) is 2.85. The molecule has 0 atom stereocenters. The maximum Gasteiger partial charge on any atom is 0.215 e. The summed E-state index contributed by atoms with van der Waals surface area (Å²) in [7, 11) is -3.29. The fourth-order valence-corrected chi connectivity index (χ4v) is 3.81. The van der Waals surface area contributed by atoms with Crippen LogP contribution < -0.4 is 4.72 Å². The number of hydrogen-bond acceptors (Lipinski definition) is 4. The zero-order valence-electron chi connectivity index (χ0n) is 11.6. The first-order valence-electron chi connectivity index (χ1n) is 6.38. The van der Waals surface area contributed by atoms with Crippen molar-refractivity contribution < 1.29 is 8.42 Å². The van der Waals surface area contributed by atoms with Crippen LogP contribution in [0, 0.1) is 13.8 Å². The molecule has 2 rings (SSSR count). The third-order valence-corrected chi connectivity index (χ3v) is 5.15. The van der Waals surface area contributed by atoms with E-state index in [4.69, 9.17) is 0 Å². The van der Waals surface area contributed by atoms with Gasteiger partial charge in [-0.2, -0.15) is 0 Å². The monoisotopic (exact) mass is 310 g/mol. The van der Waals surface area contributed by atoms with Crippen LogP contribution in [-0.2, 0) is 22.2 Å².